The summed E-state index contributed by atoms with van der Waals surface area (Å²) in [6.45, 7) is 7.23. The summed E-state index contributed by atoms with van der Waals surface area (Å²) >= 11 is 0. The number of anilines is 1. The second-order valence-corrected chi connectivity index (χ2v) is 6.25. The molecular formula is C18H25N3O. The Hall–Kier alpha value is -2.02. The second kappa shape index (κ2) is 6.83. The van der Waals surface area contributed by atoms with Gasteiger partial charge in [-0.25, -0.2) is 0 Å². The van der Waals surface area contributed by atoms with Gasteiger partial charge in [-0.05, 0) is 58.1 Å². The van der Waals surface area contributed by atoms with Gasteiger partial charge in [0.15, 0.2) is 0 Å². The van der Waals surface area contributed by atoms with Gasteiger partial charge >= 0.3 is 0 Å². The number of likely N-dealkylation sites (N-methyl/N-ethyl adjacent to an activating group) is 1. The molecule has 1 aromatic carbocycles. The first-order valence-electron chi connectivity index (χ1n) is 8.04. The third-order valence-electron chi connectivity index (χ3n) is 4.46. The van der Waals surface area contributed by atoms with Gasteiger partial charge in [-0.15, -0.1) is 0 Å². The molecule has 0 aliphatic heterocycles. The van der Waals surface area contributed by atoms with Crippen molar-refractivity contribution in [2.24, 2.45) is 0 Å². The van der Waals surface area contributed by atoms with Gasteiger partial charge in [0.05, 0.1) is 12.6 Å². The molecule has 118 valence electrons. The maximum absolute atomic E-state index is 12.4. The van der Waals surface area contributed by atoms with Gasteiger partial charge < -0.3 is 10.2 Å². The Balaban J connectivity index is 2.06. The molecule has 0 heterocycles. The van der Waals surface area contributed by atoms with Crippen LogP contribution in [0.25, 0.3) is 0 Å². The number of carbonyl (C=O) groups is 1. The van der Waals surface area contributed by atoms with Gasteiger partial charge in [-0.1, -0.05) is 17.7 Å². The van der Waals surface area contributed by atoms with Crippen LogP contribution in [0, 0.1) is 25.2 Å². The number of amides is 1. The van der Waals surface area contributed by atoms with Gasteiger partial charge in [0.1, 0.15) is 5.54 Å². The number of carbonyl (C=O) groups excluding carboxylic acids is 1. The highest BCUT2D eigenvalue weighted by atomic mass is 16.2. The number of hydrogen-bond acceptors (Lipinski definition) is 3. The lowest BCUT2D eigenvalue weighted by Crippen LogP contribution is -2.49. The third kappa shape index (κ3) is 3.59. The molecule has 0 atom stereocenters. The number of nitriles is 1. The minimum atomic E-state index is -0.640. The normalized spacial score (nSPS) is 16.1. The van der Waals surface area contributed by atoms with Crippen molar-refractivity contribution >= 4 is 11.6 Å². The zero-order chi connectivity index (χ0) is 16.2. The fourth-order valence-electron chi connectivity index (χ4n) is 3.25. The molecule has 1 amide bonds. The highest BCUT2D eigenvalue weighted by Gasteiger charge is 2.35. The molecule has 0 saturated heterocycles. The largest absolute Gasteiger partial charge is 0.362 e. The quantitative estimate of drug-likeness (QED) is 0.909. The molecule has 1 N–H and O–H groups in total. The summed E-state index contributed by atoms with van der Waals surface area (Å²) in [5.41, 5.74) is 2.83. The molecule has 4 nitrogen and oxygen atoms in total. The molecule has 0 bridgehead atoms. The van der Waals surface area contributed by atoms with E-state index in [1.165, 1.54) is 11.1 Å². The predicted octanol–water partition coefficient (Wildman–Crippen LogP) is 3.08. The van der Waals surface area contributed by atoms with E-state index in [1.807, 2.05) is 6.92 Å². The molecule has 1 aliphatic rings. The summed E-state index contributed by atoms with van der Waals surface area (Å²) in [5, 5.41) is 12.3. The van der Waals surface area contributed by atoms with E-state index >= 15 is 0 Å². The first-order valence-corrected chi connectivity index (χ1v) is 8.04. The van der Waals surface area contributed by atoms with E-state index in [9.17, 15) is 10.1 Å². The van der Waals surface area contributed by atoms with Gasteiger partial charge in [0.25, 0.3) is 0 Å². The molecule has 0 aromatic heterocycles. The molecule has 0 unspecified atom stereocenters. The van der Waals surface area contributed by atoms with Gasteiger partial charge in [0.2, 0.25) is 5.91 Å². The molecule has 1 aliphatic carbocycles. The smallest absolute Gasteiger partial charge is 0.240 e. The topological polar surface area (TPSA) is 56.1 Å². The van der Waals surface area contributed by atoms with Crippen LogP contribution in [0.4, 0.5) is 5.69 Å². The number of nitrogens with one attached hydrogen (secondary N) is 1. The van der Waals surface area contributed by atoms with E-state index in [4.69, 9.17) is 0 Å². The van der Waals surface area contributed by atoms with Crippen LogP contribution in [0.2, 0.25) is 0 Å². The standard InChI is InChI=1S/C18H25N3O/c1-4-21(16-8-7-14(2)11-15(16)3)12-17(22)20-18(13-19)9-5-6-10-18/h7-8,11H,4-6,9-10,12H2,1-3H3,(H,20,22). The lowest BCUT2D eigenvalue weighted by atomic mass is 10.00. The Kier molecular flexibility index (Phi) is 5.07. The Morgan fingerprint density at radius 2 is 2.05 bits per heavy atom. The first kappa shape index (κ1) is 16.4. The van der Waals surface area contributed by atoms with E-state index in [-0.39, 0.29) is 5.91 Å². The lowest BCUT2D eigenvalue weighted by molar-refractivity contribution is -0.121. The molecule has 1 fully saturated rings. The Morgan fingerprint density at radius 1 is 1.36 bits per heavy atom. The molecule has 0 radical (unpaired) electrons. The van der Waals surface area contributed by atoms with Crippen LogP contribution in [-0.2, 0) is 4.79 Å². The second-order valence-electron chi connectivity index (χ2n) is 6.25. The lowest BCUT2D eigenvalue weighted by Gasteiger charge is -2.27. The summed E-state index contributed by atoms with van der Waals surface area (Å²) < 4.78 is 0. The van der Waals surface area contributed by atoms with E-state index in [2.05, 4.69) is 48.3 Å². The van der Waals surface area contributed by atoms with Crippen LogP contribution in [0.15, 0.2) is 18.2 Å². The summed E-state index contributed by atoms with van der Waals surface area (Å²) in [5.74, 6) is -0.0646. The van der Waals surface area contributed by atoms with Crippen LogP contribution < -0.4 is 10.2 Å². The van der Waals surface area contributed by atoms with Crippen molar-refractivity contribution < 1.29 is 4.79 Å². The maximum Gasteiger partial charge on any atom is 0.240 e. The maximum atomic E-state index is 12.4. The Labute approximate surface area is 133 Å². The zero-order valence-corrected chi connectivity index (χ0v) is 13.8. The minimum Gasteiger partial charge on any atom is -0.362 e. The van der Waals surface area contributed by atoms with Crippen LogP contribution in [0.5, 0.6) is 0 Å². The molecule has 2 rings (SSSR count). The monoisotopic (exact) mass is 299 g/mol. The fourth-order valence-corrected chi connectivity index (χ4v) is 3.25. The van der Waals surface area contributed by atoms with E-state index in [0.29, 0.717) is 6.54 Å². The van der Waals surface area contributed by atoms with Crippen molar-refractivity contribution in [2.75, 3.05) is 18.0 Å². The van der Waals surface area contributed by atoms with Crippen LogP contribution in [0.3, 0.4) is 0 Å². The third-order valence-corrected chi connectivity index (χ3v) is 4.46. The molecule has 4 heteroatoms. The van der Waals surface area contributed by atoms with Gasteiger partial charge in [0, 0.05) is 12.2 Å². The molecule has 1 saturated carbocycles. The van der Waals surface area contributed by atoms with Crippen molar-refractivity contribution in [3.8, 4) is 6.07 Å². The molecule has 0 spiro atoms. The Morgan fingerprint density at radius 3 is 2.59 bits per heavy atom. The first-order chi connectivity index (χ1) is 10.5. The Bertz CT molecular complexity index is 582. The van der Waals surface area contributed by atoms with Crippen molar-refractivity contribution in [3.63, 3.8) is 0 Å². The minimum absolute atomic E-state index is 0.0646. The summed E-state index contributed by atoms with van der Waals surface area (Å²) in [4.78, 5) is 14.4. The van der Waals surface area contributed by atoms with Crippen molar-refractivity contribution in [1.29, 1.82) is 5.26 Å². The SMILES string of the molecule is CCN(CC(=O)NC1(C#N)CCCC1)c1ccc(C)cc1C. The average Bonchev–Trinajstić information content (AvgIpc) is 2.94. The summed E-state index contributed by atoms with van der Waals surface area (Å²) in [6.07, 6.45) is 3.57. The van der Waals surface area contributed by atoms with E-state index < -0.39 is 5.54 Å². The molecule has 1 aromatic rings. The highest BCUT2D eigenvalue weighted by Crippen LogP contribution is 2.29. The highest BCUT2D eigenvalue weighted by molar-refractivity contribution is 5.82. The van der Waals surface area contributed by atoms with Crippen LogP contribution in [0.1, 0.15) is 43.7 Å². The fraction of sp³-hybridized carbons (Fsp3) is 0.556. The van der Waals surface area contributed by atoms with Crippen molar-refractivity contribution in [3.05, 3.63) is 29.3 Å². The molecule has 22 heavy (non-hydrogen) atoms. The van der Waals surface area contributed by atoms with E-state index in [0.717, 1.165) is 37.9 Å². The van der Waals surface area contributed by atoms with Crippen molar-refractivity contribution in [1.82, 2.24) is 5.32 Å². The van der Waals surface area contributed by atoms with E-state index in [1.54, 1.807) is 0 Å². The summed E-state index contributed by atoms with van der Waals surface area (Å²) in [6, 6.07) is 8.57. The van der Waals surface area contributed by atoms with Gasteiger partial charge in [-0.3, -0.25) is 4.79 Å². The summed E-state index contributed by atoms with van der Waals surface area (Å²) in [7, 11) is 0. The number of aryl methyl sites for hydroxylation is 2. The number of hydrogen-bond donors (Lipinski definition) is 1. The van der Waals surface area contributed by atoms with Crippen LogP contribution >= 0.6 is 0 Å². The number of nitrogens with zero attached hydrogens (tertiary/aromatic N) is 2. The predicted molar refractivity (Wildman–Crippen MR) is 88.8 cm³/mol. The van der Waals surface area contributed by atoms with Crippen LogP contribution in [-0.4, -0.2) is 24.5 Å². The average molecular weight is 299 g/mol. The number of rotatable bonds is 5. The van der Waals surface area contributed by atoms with Crippen molar-refractivity contribution in [2.45, 2.75) is 52.0 Å². The zero-order valence-electron chi connectivity index (χ0n) is 13.8. The number of benzene rings is 1. The van der Waals surface area contributed by atoms with Gasteiger partial charge in [-0.2, -0.15) is 5.26 Å². The molecular weight excluding hydrogens is 274 g/mol.